The molecule has 5 heteroatoms. The Hall–Kier alpha value is -2.84. The summed E-state index contributed by atoms with van der Waals surface area (Å²) in [4.78, 5) is 0. The molecule has 0 heterocycles. The predicted octanol–water partition coefficient (Wildman–Crippen LogP) is 4.39. The summed E-state index contributed by atoms with van der Waals surface area (Å²) in [6.07, 6.45) is 0. The quantitative estimate of drug-likeness (QED) is 0.487. The number of aromatic hydroxyl groups is 3. The molecular formula is C19H15O4P. The van der Waals surface area contributed by atoms with Gasteiger partial charge in [0.25, 0.3) is 0 Å². The van der Waals surface area contributed by atoms with Crippen molar-refractivity contribution < 1.29 is 19.9 Å². The molecule has 3 aromatic rings. The highest BCUT2D eigenvalue weighted by Crippen LogP contribution is 2.48. The normalized spacial score (nSPS) is 11.5. The monoisotopic (exact) mass is 338 g/mol. The number of hydrogen-bond acceptors (Lipinski definition) is 4. The van der Waals surface area contributed by atoms with Gasteiger partial charge in [0, 0.05) is 0 Å². The fraction of sp³-hybridized carbons (Fsp3) is 0.0526. The first-order valence-corrected chi connectivity index (χ1v) is 8.10. The molecule has 3 N–H and O–H groups in total. The molecule has 3 rings (SSSR count). The first kappa shape index (κ1) is 16.0. The van der Waals surface area contributed by atoms with Crippen LogP contribution in [0.3, 0.4) is 0 Å². The van der Waals surface area contributed by atoms with Gasteiger partial charge < -0.3 is 15.3 Å². The van der Waals surface area contributed by atoms with Gasteiger partial charge in [-0.2, -0.15) is 0 Å². The lowest BCUT2D eigenvalue weighted by Crippen LogP contribution is -2.22. The largest absolute Gasteiger partial charge is 0.508 e. The van der Waals surface area contributed by atoms with E-state index in [1.54, 1.807) is 36.4 Å². The average molecular weight is 338 g/mol. The Morgan fingerprint density at radius 3 is 1.00 bits per heavy atom. The minimum Gasteiger partial charge on any atom is -0.508 e. The van der Waals surface area contributed by atoms with Crippen LogP contribution >= 0.6 is 8.46 Å². The second kappa shape index (κ2) is 6.34. The Morgan fingerprint density at radius 2 is 0.792 bits per heavy atom. The van der Waals surface area contributed by atoms with Crippen LogP contribution in [-0.4, -0.2) is 15.3 Å². The highest BCUT2D eigenvalue weighted by atomic mass is 31.1. The van der Waals surface area contributed by atoms with E-state index in [0.717, 1.165) is 0 Å². The van der Waals surface area contributed by atoms with Crippen molar-refractivity contribution in [3.05, 3.63) is 89.5 Å². The van der Waals surface area contributed by atoms with Crippen LogP contribution in [0.5, 0.6) is 17.2 Å². The van der Waals surface area contributed by atoms with Crippen molar-refractivity contribution in [1.29, 1.82) is 0 Å². The third-order valence-corrected chi connectivity index (χ3v) is 5.04. The molecule has 4 nitrogen and oxygen atoms in total. The van der Waals surface area contributed by atoms with Gasteiger partial charge in [0.05, 0.1) is 0 Å². The highest BCUT2D eigenvalue weighted by Gasteiger charge is 2.37. The Balaban J connectivity index is 2.29. The van der Waals surface area contributed by atoms with Gasteiger partial charge in [-0.15, -0.1) is 0 Å². The summed E-state index contributed by atoms with van der Waals surface area (Å²) < 4.78 is 12.4. The van der Waals surface area contributed by atoms with Crippen molar-refractivity contribution in [3.63, 3.8) is 0 Å². The van der Waals surface area contributed by atoms with E-state index in [4.69, 9.17) is 0 Å². The van der Waals surface area contributed by atoms with Crippen LogP contribution in [0.4, 0.5) is 0 Å². The first-order chi connectivity index (χ1) is 11.6. The zero-order valence-corrected chi connectivity index (χ0v) is 13.5. The van der Waals surface area contributed by atoms with E-state index < -0.39 is 5.16 Å². The molecule has 0 bridgehead atoms. The smallest absolute Gasteiger partial charge is 0.176 e. The van der Waals surface area contributed by atoms with Gasteiger partial charge in [-0.25, -0.2) is 0 Å². The third kappa shape index (κ3) is 2.72. The van der Waals surface area contributed by atoms with E-state index in [-0.39, 0.29) is 25.7 Å². The van der Waals surface area contributed by atoms with Crippen molar-refractivity contribution in [1.82, 2.24) is 0 Å². The van der Waals surface area contributed by atoms with Gasteiger partial charge >= 0.3 is 0 Å². The summed E-state index contributed by atoms with van der Waals surface area (Å²) in [5.41, 5.74) is 2.15. The molecule has 0 fully saturated rings. The lowest BCUT2D eigenvalue weighted by Gasteiger charge is -2.29. The van der Waals surface area contributed by atoms with Crippen LogP contribution in [0.15, 0.2) is 72.8 Å². The number of benzene rings is 3. The second-order valence-corrected chi connectivity index (χ2v) is 6.30. The van der Waals surface area contributed by atoms with Crippen molar-refractivity contribution in [2.24, 2.45) is 0 Å². The molecule has 0 aromatic heterocycles. The van der Waals surface area contributed by atoms with Gasteiger partial charge in [0.1, 0.15) is 22.4 Å². The minimum atomic E-state index is -1.02. The number of phenols is 3. The average Bonchev–Trinajstić information content (AvgIpc) is 2.60. The molecule has 120 valence electrons. The lowest BCUT2D eigenvalue weighted by atomic mass is 9.84. The zero-order valence-electron chi connectivity index (χ0n) is 12.6. The fourth-order valence-electron chi connectivity index (χ4n) is 2.77. The van der Waals surface area contributed by atoms with Crippen molar-refractivity contribution in [2.45, 2.75) is 5.16 Å². The van der Waals surface area contributed by atoms with Crippen molar-refractivity contribution in [2.75, 3.05) is 0 Å². The molecular weight excluding hydrogens is 323 g/mol. The van der Waals surface area contributed by atoms with Gasteiger partial charge in [-0.3, -0.25) is 4.57 Å². The SMILES string of the molecule is O=PC(c1ccc(O)cc1)(c1ccc(O)cc1)c1ccc(O)cc1. The maximum atomic E-state index is 12.4. The van der Waals surface area contributed by atoms with Gasteiger partial charge in [0.2, 0.25) is 0 Å². The van der Waals surface area contributed by atoms with Crippen LogP contribution in [0.25, 0.3) is 0 Å². The third-order valence-electron chi connectivity index (χ3n) is 3.99. The van der Waals surface area contributed by atoms with Crippen molar-refractivity contribution in [3.8, 4) is 17.2 Å². The summed E-state index contributed by atoms with van der Waals surface area (Å²) in [7, 11) is -0.177. The van der Waals surface area contributed by atoms with Gasteiger partial charge in [-0.1, -0.05) is 36.4 Å². The highest BCUT2D eigenvalue weighted by molar-refractivity contribution is 7.26. The summed E-state index contributed by atoms with van der Waals surface area (Å²) in [5.74, 6) is 0.352. The van der Waals surface area contributed by atoms with Crippen LogP contribution < -0.4 is 0 Å². The predicted molar refractivity (Wildman–Crippen MR) is 91.8 cm³/mol. The summed E-state index contributed by atoms with van der Waals surface area (Å²) in [5, 5.41) is 27.7. The molecule has 0 aliphatic carbocycles. The van der Waals surface area contributed by atoms with E-state index >= 15 is 0 Å². The first-order valence-electron chi connectivity index (χ1n) is 7.29. The standard InChI is InChI=1S/C19H15O4P/c20-16-7-1-13(2-8-16)19(24-23,14-3-9-17(21)10-4-14)15-5-11-18(22)12-6-15/h1-12,20-22H. The maximum Gasteiger partial charge on any atom is 0.176 e. The molecule has 0 saturated heterocycles. The molecule has 3 aromatic carbocycles. The maximum absolute atomic E-state index is 12.4. The topological polar surface area (TPSA) is 77.8 Å². The second-order valence-electron chi connectivity index (χ2n) is 5.44. The summed E-state index contributed by atoms with van der Waals surface area (Å²) in [6.45, 7) is 0. The number of rotatable bonds is 4. The Labute approximate surface area is 140 Å². The summed E-state index contributed by atoms with van der Waals surface area (Å²) >= 11 is 0. The Kier molecular flexibility index (Phi) is 4.24. The van der Waals surface area contributed by atoms with Crippen LogP contribution in [0, 0.1) is 0 Å². The van der Waals surface area contributed by atoms with Gasteiger partial charge in [-0.05, 0) is 53.1 Å². The fourth-order valence-corrected chi connectivity index (χ4v) is 3.53. The van der Waals surface area contributed by atoms with Crippen LogP contribution in [0.2, 0.25) is 0 Å². The lowest BCUT2D eigenvalue weighted by molar-refractivity contribution is 0.475. The molecule has 0 spiro atoms. The molecule has 0 atom stereocenters. The molecule has 0 amide bonds. The Morgan fingerprint density at radius 1 is 0.542 bits per heavy atom. The molecule has 0 radical (unpaired) electrons. The van der Waals surface area contributed by atoms with Gasteiger partial charge in [0.15, 0.2) is 8.46 Å². The zero-order chi connectivity index (χ0) is 17.2. The van der Waals surface area contributed by atoms with E-state index in [9.17, 15) is 19.9 Å². The van der Waals surface area contributed by atoms with E-state index in [1.165, 1.54) is 36.4 Å². The molecule has 0 aliphatic rings. The Bertz CT molecular complexity index is 729. The van der Waals surface area contributed by atoms with E-state index in [2.05, 4.69) is 0 Å². The number of phenolic OH excluding ortho intramolecular Hbond substituents is 3. The number of hydrogen-bond donors (Lipinski definition) is 3. The van der Waals surface area contributed by atoms with E-state index in [0.29, 0.717) is 16.7 Å². The minimum absolute atomic E-state index is 0.117. The van der Waals surface area contributed by atoms with Crippen LogP contribution in [0.1, 0.15) is 16.7 Å². The molecule has 0 saturated carbocycles. The van der Waals surface area contributed by atoms with Crippen LogP contribution in [-0.2, 0) is 9.72 Å². The van der Waals surface area contributed by atoms with Crippen molar-refractivity contribution >= 4 is 8.46 Å². The molecule has 24 heavy (non-hydrogen) atoms. The molecule has 0 aliphatic heterocycles. The summed E-state index contributed by atoms with van der Waals surface area (Å²) in [6, 6.07) is 19.5. The molecule has 0 unspecified atom stereocenters. The van der Waals surface area contributed by atoms with E-state index in [1.807, 2.05) is 0 Å².